The molecule has 0 fully saturated rings. The second-order valence-corrected chi connectivity index (χ2v) is 0.141. The van der Waals surface area contributed by atoms with Crippen LogP contribution in [0.1, 0.15) is 0 Å². The van der Waals surface area contributed by atoms with E-state index in [0.29, 0.717) is 0 Å². The van der Waals surface area contributed by atoms with Crippen LogP contribution in [0.3, 0.4) is 0 Å². The van der Waals surface area contributed by atoms with Crippen LogP contribution in [-0.2, 0) is 0 Å². The van der Waals surface area contributed by atoms with E-state index in [0.717, 1.165) is 0 Å². The standard InChI is InChI=1S/CH3NO.HI/c1-2-3;/h3H,1H2;1H. The average Bonchev–Trinajstić information content (AvgIpc) is 0.918. The van der Waals surface area contributed by atoms with Gasteiger partial charge >= 0.3 is 0 Å². The Bertz CT molecular complexity index is 15.5. The van der Waals surface area contributed by atoms with Gasteiger partial charge in [-0.1, -0.05) is 0 Å². The summed E-state index contributed by atoms with van der Waals surface area (Å²) in [6.07, 6.45) is 0. The number of hydrogen-bond donors (Lipinski definition) is 1. The monoisotopic (exact) mass is 173 g/mol. The first-order valence-electron chi connectivity index (χ1n) is 0.516. The molecular weight excluding hydrogens is 169 g/mol. The SMILES string of the molecule is C=NO.I. The molecule has 1 N–H and O–H groups in total. The van der Waals surface area contributed by atoms with Gasteiger partial charge in [-0.3, -0.25) is 0 Å². The second-order valence-electron chi connectivity index (χ2n) is 0.141. The molecule has 0 unspecified atom stereocenters. The molecule has 0 aromatic carbocycles. The summed E-state index contributed by atoms with van der Waals surface area (Å²) in [5.74, 6) is 0. The van der Waals surface area contributed by atoms with Gasteiger partial charge in [-0.2, -0.15) is 0 Å². The average molecular weight is 173 g/mol. The molecule has 0 saturated heterocycles. The van der Waals surface area contributed by atoms with E-state index in [1.54, 1.807) is 0 Å². The molecule has 0 bridgehead atoms. The van der Waals surface area contributed by atoms with Gasteiger partial charge in [0, 0.05) is 6.72 Å². The van der Waals surface area contributed by atoms with Crippen molar-refractivity contribution in [3.05, 3.63) is 0 Å². The summed E-state index contributed by atoms with van der Waals surface area (Å²) in [7, 11) is 0. The summed E-state index contributed by atoms with van der Waals surface area (Å²) in [6, 6.07) is 0. The predicted molar refractivity (Wildman–Crippen MR) is 26.8 cm³/mol. The number of oxime groups is 1. The zero-order valence-electron chi connectivity index (χ0n) is 2.01. The smallest absolute Gasteiger partial charge is 0.0298 e. The lowest BCUT2D eigenvalue weighted by molar-refractivity contribution is 0.323. The zero-order valence-corrected chi connectivity index (χ0v) is 4.34. The lowest BCUT2D eigenvalue weighted by Crippen LogP contribution is -1.30. The van der Waals surface area contributed by atoms with E-state index in [1.165, 1.54) is 0 Å². The van der Waals surface area contributed by atoms with Crippen molar-refractivity contribution in [3.63, 3.8) is 0 Å². The highest BCUT2D eigenvalue weighted by molar-refractivity contribution is 14.0. The Hall–Kier alpha value is 0.200. The van der Waals surface area contributed by atoms with Crippen molar-refractivity contribution in [2.45, 2.75) is 0 Å². The van der Waals surface area contributed by atoms with Crippen molar-refractivity contribution in [1.29, 1.82) is 0 Å². The normalized spacial score (nSPS) is 3.00. The van der Waals surface area contributed by atoms with E-state index < -0.39 is 0 Å². The third-order valence-corrected chi connectivity index (χ3v) is 0. The van der Waals surface area contributed by atoms with E-state index in [9.17, 15) is 0 Å². The Morgan fingerprint density at radius 1 is 1.75 bits per heavy atom. The molecule has 0 atom stereocenters. The van der Waals surface area contributed by atoms with Crippen LogP contribution in [0, 0.1) is 0 Å². The molecule has 0 heterocycles. The molecule has 0 aromatic rings. The fraction of sp³-hybridized carbons (Fsp3) is 0. The summed E-state index contributed by atoms with van der Waals surface area (Å²) in [5, 5.41) is 9.33. The second kappa shape index (κ2) is 10.8. The van der Waals surface area contributed by atoms with Crippen molar-refractivity contribution in [2.24, 2.45) is 5.16 Å². The molecular formula is CH4INO. The van der Waals surface area contributed by atoms with Crippen LogP contribution in [0.4, 0.5) is 0 Å². The van der Waals surface area contributed by atoms with Gasteiger partial charge in [0.25, 0.3) is 0 Å². The molecule has 4 heavy (non-hydrogen) atoms. The van der Waals surface area contributed by atoms with Gasteiger partial charge in [-0.25, -0.2) is 0 Å². The predicted octanol–water partition coefficient (Wildman–Crippen LogP) is 0.694. The maximum atomic E-state index is 7.08. The summed E-state index contributed by atoms with van der Waals surface area (Å²) in [5.41, 5.74) is 0. The summed E-state index contributed by atoms with van der Waals surface area (Å²) in [4.78, 5) is 0. The van der Waals surface area contributed by atoms with Crippen molar-refractivity contribution in [3.8, 4) is 0 Å². The first-order chi connectivity index (χ1) is 1.41. The van der Waals surface area contributed by atoms with Crippen LogP contribution in [0.5, 0.6) is 0 Å². The minimum Gasteiger partial charge on any atom is -0.411 e. The molecule has 0 aliphatic rings. The molecule has 3 heteroatoms. The van der Waals surface area contributed by atoms with Crippen LogP contribution in [0.25, 0.3) is 0 Å². The van der Waals surface area contributed by atoms with Crippen LogP contribution in [-0.4, -0.2) is 11.9 Å². The number of nitrogens with zero attached hydrogens (tertiary/aromatic N) is 1. The molecule has 0 spiro atoms. The van der Waals surface area contributed by atoms with Crippen LogP contribution >= 0.6 is 24.0 Å². The quantitative estimate of drug-likeness (QED) is 0.248. The Morgan fingerprint density at radius 2 is 1.75 bits per heavy atom. The largest absolute Gasteiger partial charge is 0.411 e. The highest BCUT2D eigenvalue weighted by Gasteiger charge is 1.06. The molecule has 0 aromatic heterocycles. The van der Waals surface area contributed by atoms with Crippen LogP contribution in [0.2, 0.25) is 0 Å². The lowest BCUT2D eigenvalue weighted by atomic mass is 11.8. The number of halogens is 1. The molecule has 0 radical (unpaired) electrons. The summed E-state index contributed by atoms with van der Waals surface area (Å²) >= 11 is 0. The van der Waals surface area contributed by atoms with E-state index in [2.05, 4.69) is 11.9 Å². The fourth-order valence-electron chi connectivity index (χ4n) is 0. The first kappa shape index (κ1) is 8.89. The molecule has 26 valence electrons. The number of hydrogen-bond acceptors (Lipinski definition) is 2. The van der Waals surface area contributed by atoms with Crippen molar-refractivity contribution in [1.82, 2.24) is 0 Å². The van der Waals surface area contributed by atoms with Gasteiger partial charge in [-0.05, 0) is 0 Å². The van der Waals surface area contributed by atoms with E-state index in [4.69, 9.17) is 5.21 Å². The minimum absolute atomic E-state index is 0. The van der Waals surface area contributed by atoms with Crippen molar-refractivity contribution in [2.75, 3.05) is 0 Å². The minimum atomic E-state index is 0. The van der Waals surface area contributed by atoms with Crippen LogP contribution in [0.15, 0.2) is 5.16 Å². The molecule has 0 amide bonds. The third kappa shape index (κ3) is 79.2. The Morgan fingerprint density at radius 3 is 1.75 bits per heavy atom. The van der Waals surface area contributed by atoms with E-state index in [1.807, 2.05) is 0 Å². The highest BCUT2D eigenvalue weighted by atomic mass is 127. The summed E-state index contributed by atoms with van der Waals surface area (Å²) < 4.78 is 0. The lowest BCUT2D eigenvalue weighted by Gasteiger charge is -1.43. The van der Waals surface area contributed by atoms with Gasteiger partial charge < -0.3 is 5.21 Å². The maximum Gasteiger partial charge on any atom is 0.0298 e. The molecule has 0 rings (SSSR count). The van der Waals surface area contributed by atoms with Gasteiger partial charge in [0.1, 0.15) is 0 Å². The molecule has 2 nitrogen and oxygen atoms in total. The highest BCUT2D eigenvalue weighted by Crippen LogP contribution is 1.20. The Labute approximate surface area is 41.5 Å². The van der Waals surface area contributed by atoms with Gasteiger partial charge in [0.05, 0.1) is 0 Å². The molecule has 0 aliphatic carbocycles. The molecule has 0 aliphatic heterocycles. The molecule has 0 saturated carbocycles. The van der Waals surface area contributed by atoms with E-state index in [-0.39, 0.29) is 24.0 Å². The first-order valence-corrected chi connectivity index (χ1v) is 0.516. The van der Waals surface area contributed by atoms with E-state index >= 15 is 0 Å². The van der Waals surface area contributed by atoms with Gasteiger partial charge in [-0.15, -0.1) is 29.1 Å². The third-order valence-electron chi connectivity index (χ3n) is 0. The Balaban J connectivity index is 0. The Kier molecular flexibility index (Phi) is 23.9. The fourth-order valence-corrected chi connectivity index (χ4v) is 0. The summed E-state index contributed by atoms with van der Waals surface area (Å²) in [6.45, 7) is 2.67. The maximum absolute atomic E-state index is 7.08. The van der Waals surface area contributed by atoms with Crippen LogP contribution < -0.4 is 0 Å². The van der Waals surface area contributed by atoms with Gasteiger partial charge in [0.2, 0.25) is 0 Å². The van der Waals surface area contributed by atoms with Gasteiger partial charge in [0.15, 0.2) is 0 Å². The topological polar surface area (TPSA) is 32.6 Å². The van der Waals surface area contributed by atoms with Crippen molar-refractivity contribution < 1.29 is 5.21 Å². The van der Waals surface area contributed by atoms with Crippen molar-refractivity contribution >= 4 is 30.7 Å². The number of rotatable bonds is 0. The zero-order chi connectivity index (χ0) is 2.71.